The van der Waals surface area contributed by atoms with Gasteiger partial charge < -0.3 is 10.6 Å². The van der Waals surface area contributed by atoms with Gasteiger partial charge in [0.15, 0.2) is 0 Å². The van der Waals surface area contributed by atoms with Gasteiger partial charge in [-0.15, -0.1) is 0 Å². The lowest BCUT2D eigenvalue weighted by molar-refractivity contribution is 0.379. The molecule has 0 aliphatic heterocycles. The van der Waals surface area contributed by atoms with Gasteiger partial charge in [0, 0.05) is 11.7 Å². The van der Waals surface area contributed by atoms with Gasteiger partial charge in [-0.3, -0.25) is 0 Å². The molecule has 1 rings (SSSR count). The van der Waals surface area contributed by atoms with E-state index in [2.05, 4.69) is 4.72 Å². The maximum absolute atomic E-state index is 12.7. The van der Waals surface area contributed by atoms with E-state index in [1.54, 1.807) is 6.92 Å². The molecule has 21 heavy (non-hydrogen) atoms. The van der Waals surface area contributed by atoms with Crippen LogP contribution in [0.2, 0.25) is 0 Å². The number of nitrogens with two attached hydrogens (primary N) is 1. The molecule has 0 radical (unpaired) electrons. The fourth-order valence-corrected chi connectivity index (χ4v) is 4.13. The molecule has 1 atom stereocenters. The van der Waals surface area contributed by atoms with E-state index in [-0.39, 0.29) is 6.04 Å². The van der Waals surface area contributed by atoms with Crippen LogP contribution in [-0.2, 0) is 10.0 Å². The molecule has 0 aliphatic rings. The van der Waals surface area contributed by atoms with Crippen LogP contribution >= 0.6 is 0 Å². The van der Waals surface area contributed by atoms with Gasteiger partial charge in [0.1, 0.15) is 0 Å². The van der Waals surface area contributed by atoms with Gasteiger partial charge >= 0.3 is 0 Å². The number of nitrogens with zero attached hydrogens (tertiary/aromatic N) is 1. The molecular weight excluding hydrogens is 286 g/mol. The van der Waals surface area contributed by atoms with Crippen LogP contribution in [0, 0.1) is 20.8 Å². The van der Waals surface area contributed by atoms with Crippen molar-refractivity contribution >= 4 is 15.7 Å². The van der Waals surface area contributed by atoms with Crippen molar-refractivity contribution in [2.24, 2.45) is 0 Å². The van der Waals surface area contributed by atoms with Gasteiger partial charge in [-0.2, -0.15) is 0 Å². The Morgan fingerprint density at radius 2 is 1.81 bits per heavy atom. The van der Waals surface area contributed by atoms with E-state index in [4.69, 9.17) is 5.73 Å². The third kappa shape index (κ3) is 4.43. The number of sulfonamides is 1. The quantitative estimate of drug-likeness (QED) is 0.786. The first kappa shape index (κ1) is 17.9. The second kappa shape index (κ2) is 6.77. The number of benzene rings is 1. The molecule has 0 bridgehead atoms. The van der Waals surface area contributed by atoms with E-state index >= 15 is 0 Å². The summed E-state index contributed by atoms with van der Waals surface area (Å²) in [5, 5.41) is 0. The highest BCUT2D eigenvalue weighted by Gasteiger charge is 2.24. The van der Waals surface area contributed by atoms with Gasteiger partial charge in [-0.25, -0.2) is 13.1 Å². The molecule has 1 aromatic carbocycles. The Bertz CT molecular complexity index is 584. The molecule has 0 saturated heterocycles. The van der Waals surface area contributed by atoms with Crippen molar-refractivity contribution in [1.29, 1.82) is 0 Å². The normalized spacial score (nSPS) is 13.7. The number of anilines is 1. The summed E-state index contributed by atoms with van der Waals surface area (Å²) in [5.41, 5.74) is 8.69. The zero-order valence-electron chi connectivity index (χ0n) is 13.8. The van der Waals surface area contributed by atoms with E-state index in [0.29, 0.717) is 16.1 Å². The summed E-state index contributed by atoms with van der Waals surface area (Å²) >= 11 is 0. The van der Waals surface area contributed by atoms with Crippen LogP contribution in [-0.4, -0.2) is 40.0 Å². The average Bonchev–Trinajstić information content (AvgIpc) is 2.33. The highest BCUT2D eigenvalue weighted by atomic mass is 32.2. The van der Waals surface area contributed by atoms with Gasteiger partial charge in [0.2, 0.25) is 10.0 Å². The van der Waals surface area contributed by atoms with Crippen LogP contribution in [0.25, 0.3) is 0 Å². The Labute approximate surface area is 128 Å². The minimum atomic E-state index is -3.56. The highest BCUT2D eigenvalue weighted by Crippen LogP contribution is 2.27. The van der Waals surface area contributed by atoms with Crippen molar-refractivity contribution in [1.82, 2.24) is 9.62 Å². The molecular formula is C15H27N3O2S. The fraction of sp³-hybridized carbons (Fsp3) is 0.600. The van der Waals surface area contributed by atoms with Crippen LogP contribution in [0.1, 0.15) is 30.0 Å². The van der Waals surface area contributed by atoms with Gasteiger partial charge in [-0.1, -0.05) is 0 Å². The molecule has 3 N–H and O–H groups in total. The first-order valence-electron chi connectivity index (χ1n) is 7.09. The second-order valence-electron chi connectivity index (χ2n) is 5.98. The summed E-state index contributed by atoms with van der Waals surface area (Å²) in [5.74, 6) is 0. The summed E-state index contributed by atoms with van der Waals surface area (Å²) in [6, 6.07) is 1.69. The molecule has 0 heterocycles. The largest absolute Gasteiger partial charge is 0.398 e. The Balaban J connectivity index is 3.09. The van der Waals surface area contributed by atoms with Crippen molar-refractivity contribution in [2.45, 2.75) is 45.1 Å². The third-order valence-electron chi connectivity index (χ3n) is 3.71. The van der Waals surface area contributed by atoms with E-state index in [1.807, 2.05) is 45.8 Å². The topological polar surface area (TPSA) is 75.4 Å². The average molecular weight is 313 g/mol. The minimum absolute atomic E-state index is 0.127. The van der Waals surface area contributed by atoms with E-state index in [0.717, 1.165) is 24.1 Å². The SMILES string of the molecule is Cc1cc(N)c(C)c(S(=O)(=O)NC(C)CCN(C)C)c1C. The number of nitrogens with one attached hydrogen (secondary N) is 1. The number of hydrogen-bond acceptors (Lipinski definition) is 4. The van der Waals surface area contributed by atoms with Crippen molar-refractivity contribution < 1.29 is 8.42 Å². The van der Waals surface area contributed by atoms with Crippen LogP contribution in [0.3, 0.4) is 0 Å². The molecule has 5 nitrogen and oxygen atoms in total. The standard InChI is InChI=1S/C15H27N3O2S/c1-10-9-14(16)13(4)15(12(10)3)21(19,20)17-11(2)7-8-18(5)6/h9,11,17H,7-8,16H2,1-6H3. The summed E-state index contributed by atoms with van der Waals surface area (Å²) in [7, 11) is 0.376. The lowest BCUT2D eigenvalue weighted by Crippen LogP contribution is -2.35. The van der Waals surface area contributed by atoms with Crippen LogP contribution < -0.4 is 10.5 Å². The van der Waals surface area contributed by atoms with Crippen molar-refractivity contribution in [3.05, 3.63) is 22.8 Å². The summed E-state index contributed by atoms with van der Waals surface area (Å²) in [6.45, 7) is 8.16. The maximum atomic E-state index is 12.7. The molecule has 1 aromatic rings. The molecule has 120 valence electrons. The van der Waals surface area contributed by atoms with Crippen LogP contribution in [0.15, 0.2) is 11.0 Å². The Morgan fingerprint density at radius 3 is 2.33 bits per heavy atom. The third-order valence-corrected chi connectivity index (χ3v) is 5.57. The molecule has 1 unspecified atom stereocenters. The molecule has 0 fully saturated rings. The second-order valence-corrected chi connectivity index (χ2v) is 7.63. The fourth-order valence-electron chi connectivity index (χ4n) is 2.28. The Hall–Kier alpha value is -1.11. The molecule has 6 heteroatoms. The molecule has 0 spiro atoms. The van der Waals surface area contributed by atoms with Gasteiger partial charge in [-0.05, 0) is 77.5 Å². The zero-order chi connectivity index (χ0) is 16.4. The number of aryl methyl sites for hydroxylation is 1. The minimum Gasteiger partial charge on any atom is -0.398 e. The highest BCUT2D eigenvalue weighted by molar-refractivity contribution is 7.89. The summed E-state index contributed by atoms with van der Waals surface area (Å²) in [6.07, 6.45) is 0.756. The predicted molar refractivity (Wildman–Crippen MR) is 88.0 cm³/mol. The molecule has 0 aliphatic carbocycles. The lowest BCUT2D eigenvalue weighted by Gasteiger charge is -2.20. The van der Waals surface area contributed by atoms with Crippen molar-refractivity contribution in [3.8, 4) is 0 Å². The zero-order valence-corrected chi connectivity index (χ0v) is 14.6. The molecule has 0 saturated carbocycles. The summed E-state index contributed by atoms with van der Waals surface area (Å²) in [4.78, 5) is 2.35. The van der Waals surface area contributed by atoms with Gasteiger partial charge in [0.25, 0.3) is 0 Å². The van der Waals surface area contributed by atoms with Crippen LogP contribution in [0.5, 0.6) is 0 Å². The van der Waals surface area contributed by atoms with E-state index in [1.165, 1.54) is 0 Å². The Kier molecular flexibility index (Phi) is 5.78. The summed E-state index contributed by atoms with van der Waals surface area (Å²) < 4.78 is 28.1. The van der Waals surface area contributed by atoms with E-state index < -0.39 is 10.0 Å². The van der Waals surface area contributed by atoms with Gasteiger partial charge in [0.05, 0.1) is 4.90 Å². The monoisotopic (exact) mass is 313 g/mol. The van der Waals surface area contributed by atoms with Crippen molar-refractivity contribution in [2.75, 3.05) is 26.4 Å². The predicted octanol–water partition coefficient (Wildman–Crippen LogP) is 1.81. The molecule has 0 aromatic heterocycles. The lowest BCUT2D eigenvalue weighted by atomic mass is 10.1. The van der Waals surface area contributed by atoms with E-state index in [9.17, 15) is 8.42 Å². The number of rotatable bonds is 6. The first-order valence-corrected chi connectivity index (χ1v) is 8.58. The van der Waals surface area contributed by atoms with Crippen molar-refractivity contribution in [3.63, 3.8) is 0 Å². The molecule has 0 amide bonds. The number of nitrogen functional groups attached to an aromatic ring is 1. The smallest absolute Gasteiger partial charge is 0.241 e. The number of hydrogen-bond donors (Lipinski definition) is 2. The van der Waals surface area contributed by atoms with Crippen LogP contribution in [0.4, 0.5) is 5.69 Å². The Morgan fingerprint density at radius 1 is 1.24 bits per heavy atom. The first-order chi connectivity index (χ1) is 9.56. The maximum Gasteiger partial charge on any atom is 0.241 e.